The highest BCUT2D eigenvalue weighted by Gasteiger charge is 2.27. The molecule has 5 nitrogen and oxygen atoms in total. The molecule has 2 atom stereocenters. The van der Waals surface area contributed by atoms with E-state index in [2.05, 4.69) is 34.5 Å². The fourth-order valence-electron chi connectivity index (χ4n) is 3.73. The predicted molar refractivity (Wildman–Crippen MR) is 115 cm³/mol. The summed E-state index contributed by atoms with van der Waals surface area (Å²) < 4.78 is 29.0. The SMILES string of the molecule is Cc1ccc(Br)c(NS(=O)(=O)c2cccc(C(=O)N3C[C@H](C)C[C@@H](C)C3)c2)c1. The lowest BCUT2D eigenvalue weighted by Crippen LogP contribution is -2.42. The maximum Gasteiger partial charge on any atom is 0.261 e. The molecule has 0 spiro atoms. The van der Waals surface area contributed by atoms with Crippen LogP contribution in [0.25, 0.3) is 0 Å². The van der Waals surface area contributed by atoms with Gasteiger partial charge in [0.15, 0.2) is 0 Å². The first-order valence-electron chi connectivity index (χ1n) is 9.34. The van der Waals surface area contributed by atoms with Crippen molar-refractivity contribution in [2.45, 2.75) is 32.1 Å². The minimum Gasteiger partial charge on any atom is -0.338 e. The minimum atomic E-state index is -3.81. The van der Waals surface area contributed by atoms with E-state index in [-0.39, 0.29) is 10.8 Å². The molecule has 28 heavy (non-hydrogen) atoms. The normalized spacial score (nSPS) is 20.1. The van der Waals surface area contributed by atoms with Crippen LogP contribution in [0.3, 0.4) is 0 Å². The molecule has 1 aliphatic heterocycles. The molecule has 0 saturated carbocycles. The lowest BCUT2D eigenvalue weighted by molar-refractivity contribution is 0.0623. The van der Waals surface area contributed by atoms with Crippen molar-refractivity contribution in [3.8, 4) is 0 Å². The van der Waals surface area contributed by atoms with Gasteiger partial charge >= 0.3 is 0 Å². The Morgan fingerprint density at radius 3 is 2.46 bits per heavy atom. The van der Waals surface area contributed by atoms with Crippen LogP contribution in [0.15, 0.2) is 51.8 Å². The molecule has 2 aromatic rings. The third-order valence-corrected chi connectivity index (χ3v) is 6.97. The Balaban J connectivity index is 1.85. The van der Waals surface area contributed by atoms with Crippen molar-refractivity contribution in [2.24, 2.45) is 11.8 Å². The summed E-state index contributed by atoms with van der Waals surface area (Å²) in [5, 5.41) is 0. The van der Waals surface area contributed by atoms with Crippen LogP contribution in [0.2, 0.25) is 0 Å². The Morgan fingerprint density at radius 2 is 1.79 bits per heavy atom. The van der Waals surface area contributed by atoms with Crippen LogP contribution in [0.4, 0.5) is 5.69 Å². The lowest BCUT2D eigenvalue weighted by Gasteiger charge is -2.35. The van der Waals surface area contributed by atoms with Crippen molar-refractivity contribution in [1.29, 1.82) is 0 Å². The number of sulfonamides is 1. The molecular weight excluding hydrogens is 440 g/mol. The third-order valence-electron chi connectivity index (χ3n) is 4.91. The van der Waals surface area contributed by atoms with Gasteiger partial charge in [-0.2, -0.15) is 0 Å². The first-order chi connectivity index (χ1) is 13.2. The van der Waals surface area contributed by atoms with E-state index in [9.17, 15) is 13.2 Å². The molecule has 0 bridgehead atoms. The topological polar surface area (TPSA) is 66.5 Å². The number of rotatable bonds is 4. The summed E-state index contributed by atoms with van der Waals surface area (Å²) in [6.45, 7) is 7.58. The number of halogens is 1. The van der Waals surface area contributed by atoms with Crippen molar-refractivity contribution in [1.82, 2.24) is 4.90 Å². The fraction of sp³-hybridized carbons (Fsp3) is 0.381. The number of nitrogens with one attached hydrogen (secondary N) is 1. The molecule has 150 valence electrons. The number of aryl methyl sites for hydroxylation is 1. The highest BCUT2D eigenvalue weighted by molar-refractivity contribution is 9.10. The number of likely N-dealkylation sites (tertiary alicyclic amines) is 1. The van der Waals surface area contributed by atoms with Gasteiger partial charge in [0.05, 0.1) is 10.6 Å². The molecule has 0 aliphatic carbocycles. The van der Waals surface area contributed by atoms with E-state index in [1.54, 1.807) is 24.3 Å². The Labute approximate surface area is 175 Å². The fourth-order valence-corrected chi connectivity index (χ4v) is 5.32. The van der Waals surface area contributed by atoms with Crippen LogP contribution in [-0.4, -0.2) is 32.3 Å². The second-order valence-electron chi connectivity index (χ2n) is 7.77. The molecule has 7 heteroatoms. The zero-order chi connectivity index (χ0) is 20.5. The first kappa shape index (κ1) is 20.9. The zero-order valence-electron chi connectivity index (χ0n) is 16.3. The van der Waals surface area contributed by atoms with E-state index >= 15 is 0 Å². The van der Waals surface area contributed by atoms with Crippen molar-refractivity contribution in [3.05, 3.63) is 58.1 Å². The molecule has 0 radical (unpaired) electrons. The van der Waals surface area contributed by atoms with Crippen LogP contribution in [0, 0.1) is 18.8 Å². The molecule has 1 saturated heterocycles. The molecule has 1 N–H and O–H groups in total. The van der Waals surface area contributed by atoms with Crippen LogP contribution < -0.4 is 4.72 Å². The van der Waals surface area contributed by atoms with E-state index in [0.29, 0.717) is 40.6 Å². The number of carbonyl (C=O) groups is 1. The number of nitrogens with zero attached hydrogens (tertiary/aromatic N) is 1. The van der Waals surface area contributed by atoms with Crippen molar-refractivity contribution in [2.75, 3.05) is 17.8 Å². The molecule has 0 unspecified atom stereocenters. The summed E-state index contributed by atoms with van der Waals surface area (Å²) in [4.78, 5) is 14.8. The minimum absolute atomic E-state index is 0.0739. The number of hydrogen-bond acceptors (Lipinski definition) is 3. The second kappa shape index (κ2) is 8.25. The van der Waals surface area contributed by atoms with Crippen LogP contribution in [-0.2, 0) is 10.0 Å². The van der Waals surface area contributed by atoms with Crippen molar-refractivity contribution in [3.63, 3.8) is 0 Å². The molecular formula is C21H25BrN2O3S. The van der Waals surface area contributed by atoms with Crippen LogP contribution in [0.5, 0.6) is 0 Å². The number of anilines is 1. The number of hydrogen-bond donors (Lipinski definition) is 1. The average molecular weight is 465 g/mol. The summed E-state index contributed by atoms with van der Waals surface area (Å²) in [5.41, 5.74) is 1.81. The summed E-state index contributed by atoms with van der Waals surface area (Å²) in [6, 6.07) is 11.7. The Morgan fingerprint density at radius 1 is 1.11 bits per heavy atom. The Hall–Kier alpha value is -1.86. The zero-order valence-corrected chi connectivity index (χ0v) is 18.7. The number of benzene rings is 2. The summed E-state index contributed by atoms with van der Waals surface area (Å²) in [5.74, 6) is 0.770. The summed E-state index contributed by atoms with van der Waals surface area (Å²) in [7, 11) is -3.81. The monoisotopic (exact) mass is 464 g/mol. The first-order valence-corrected chi connectivity index (χ1v) is 11.6. The van der Waals surface area contributed by atoms with Gasteiger partial charge in [0.2, 0.25) is 0 Å². The van der Waals surface area contributed by atoms with E-state index in [1.165, 1.54) is 12.1 Å². The van der Waals surface area contributed by atoms with Gasteiger partial charge in [0.25, 0.3) is 15.9 Å². The Bertz CT molecular complexity index is 981. The standard InChI is InChI=1S/C21H25BrN2O3S/c1-14-7-8-19(22)20(10-14)23-28(26,27)18-6-4-5-17(11-18)21(25)24-12-15(2)9-16(3)13-24/h4-8,10-11,15-16,23H,9,12-13H2,1-3H3/t15-,16-/m1/s1. The maximum absolute atomic E-state index is 12.9. The summed E-state index contributed by atoms with van der Waals surface area (Å²) >= 11 is 3.37. The second-order valence-corrected chi connectivity index (χ2v) is 10.3. The third kappa shape index (κ3) is 4.75. The molecule has 2 aromatic carbocycles. The van der Waals surface area contributed by atoms with Gasteiger partial charge < -0.3 is 4.90 Å². The van der Waals surface area contributed by atoms with Gasteiger partial charge in [0, 0.05) is 23.1 Å². The largest absolute Gasteiger partial charge is 0.338 e. The molecule has 1 fully saturated rings. The highest BCUT2D eigenvalue weighted by atomic mass is 79.9. The van der Waals surface area contributed by atoms with E-state index in [1.807, 2.05) is 17.9 Å². The number of amides is 1. The van der Waals surface area contributed by atoms with E-state index < -0.39 is 10.0 Å². The number of piperidine rings is 1. The average Bonchev–Trinajstić information content (AvgIpc) is 2.63. The van der Waals surface area contributed by atoms with Crippen molar-refractivity contribution < 1.29 is 13.2 Å². The van der Waals surface area contributed by atoms with Crippen LogP contribution >= 0.6 is 15.9 Å². The number of carbonyl (C=O) groups excluding carboxylic acids is 1. The molecule has 3 rings (SSSR count). The van der Waals surface area contributed by atoms with Gasteiger partial charge in [-0.05, 0) is 77.0 Å². The van der Waals surface area contributed by atoms with Crippen molar-refractivity contribution >= 4 is 37.5 Å². The smallest absolute Gasteiger partial charge is 0.261 e. The van der Waals surface area contributed by atoms with Gasteiger partial charge in [-0.3, -0.25) is 9.52 Å². The Kier molecular flexibility index (Phi) is 6.15. The van der Waals surface area contributed by atoms with E-state index in [0.717, 1.165) is 12.0 Å². The van der Waals surface area contributed by atoms with E-state index in [4.69, 9.17) is 0 Å². The van der Waals surface area contributed by atoms with Gasteiger partial charge in [-0.1, -0.05) is 26.0 Å². The van der Waals surface area contributed by atoms with Gasteiger partial charge in [0.1, 0.15) is 0 Å². The van der Waals surface area contributed by atoms with Gasteiger partial charge in [-0.25, -0.2) is 8.42 Å². The van der Waals surface area contributed by atoms with Gasteiger partial charge in [-0.15, -0.1) is 0 Å². The summed E-state index contributed by atoms with van der Waals surface area (Å²) in [6.07, 6.45) is 1.10. The lowest BCUT2D eigenvalue weighted by atomic mass is 9.91. The highest BCUT2D eigenvalue weighted by Crippen LogP contribution is 2.27. The quantitative estimate of drug-likeness (QED) is 0.714. The molecule has 0 aromatic heterocycles. The molecule has 1 aliphatic rings. The predicted octanol–water partition coefficient (Wildman–Crippen LogP) is 4.68. The van der Waals surface area contributed by atoms with Crippen LogP contribution in [0.1, 0.15) is 36.2 Å². The maximum atomic E-state index is 12.9. The molecule has 1 heterocycles. The molecule has 1 amide bonds.